The molecule has 1 heterocycles. The average molecular weight is 263 g/mol. The van der Waals surface area contributed by atoms with Crippen molar-refractivity contribution in [2.75, 3.05) is 13.2 Å². The maximum absolute atomic E-state index is 5.72. The van der Waals surface area contributed by atoms with Gasteiger partial charge in [-0.3, -0.25) is 0 Å². The van der Waals surface area contributed by atoms with Gasteiger partial charge in [-0.15, -0.1) is 0 Å². The molecule has 1 aliphatic rings. The van der Waals surface area contributed by atoms with Gasteiger partial charge in [-0.25, -0.2) is 0 Å². The molecule has 0 aromatic heterocycles. The fourth-order valence-corrected chi connectivity index (χ4v) is 2.42. The highest BCUT2D eigenvalue weighted by Gasteiger charge is 2.13. The molecule has 2 rings (SSSR count). The third-order valence-electron chi connectivity index (χ3n) is 3.62. The largest absolute Gasteiger partial charge is 0.490 e. The summed E-state index contributed by atoms with van der Waals surface area (Å²) in [7, 11) is 0. The van der Waals surface area contributed by atoms with Gasteiger partial charge >= 0.3 is 0 Å². The predicted molar refractivity (Wildman–Crippen MR) is 77.8 cm³/mol. The smallest absolute Gasteiger partial charge is 0.161 e. The van der Waals surface area contributed by atoms with Crippen LogP contribution in [0.2, 0.25) is 0 Å². The quantitative estimate of drug-likeness (QED) is 0.883. The summed E-state index contributed by atoms with van der Waals surface area (Å²) in [5.41, 5.74) is 1.25. The van der Waals surface area contributed by atoms with E-state index in [9.17, 15) is 0 Å². The second kappa shape index (κ2) is 6.80. The average Bonchev–Trinajstić information content (AvgIpc) is 2.63. The van der Waals surface area contributed by atoms with Crippen LogP contribution in [0.25, 0.3) is 0 Å². The van der Waals surface area contributed by atoms with E-state index < -0.39 is 0 Å². The zero-order valence-electron chi connectivity index (χ0n) is 12.2. The fourth-order valence-electron chi connectivity index (χ4n) is 2.42. The third-order valence-corrected chi connectivity index (χ3v) is 3.62. The first-order chi connectivity index (χ1) is 9.20. The lowest BCUT2D eigenvalue weighted by molar-refractivity contribution is 0.297. The van der Waals surface area contributed by atoms with Crippen LogP contribution in [0.15, 0.2) is 18.2 Å². The topological polar surface area (TPSA) is 30.5 Å². The van der Waals surface area contributed by atoms with Crippen LogP contribution in [0.3, 0.4) is 0 Å². The number of ether oxygens (including phenoxy) is 2. The Morgan fingerprint density at radius 3 is 2.58 bits per heavy atom. The lowest BCUT2D eigenvalue weighted by Gasteiger charge is -2.21. The van der Waals surface area contributed by atoms with E-state index in [4.69, 9.17) is 9.47 Å². The van der Waals surface area contributed by atoms with Gasteiger partial charge in [0.2, 0.25) is 0 Å². The van der Waals surface area contributed by atoms with Crippen LogP contribution in [-0.2, 0) is 6.54 Å². The van der Waals surface area contributed by atoms with Crippen LogP contribution >= 0.6 is 0 Å². The van der Waals surface area contributed by atoms with E-state index >= 15 is 0 Å². The minimum Gasteiger partial charge on any atom is -0.490 e. The molecule has 1 atom stereocenters. The molecule has 106 valence electrons. The predicted octanol–water partition coefficient (Wildman–Crippen LogP) is 3.37. The van der Waals surface area contributed by atoms with Crippen LogP contribution in [0.4, 0.5) is 0 Å². The number of fused-ring (bicyclic) bond motifs is 1. The molecular formula is C16H25NO2. The van der Waals surface area contributed by atoms with Crippen molar-refractivity contribution in [1.82, 2.24) is 5.32 Å². The van der Waals surface area contributed by atoms with Crippen LogP contribution in [-0.4, -0.2) is 19.3 Å². The zero-order valence-corrected chi connectivity index (χ0v) is 12.2. The van der Waals surface area contributed by atoms with Crippen molar-refractivity contribution in [1.29, 1.82) is 0 Å². The summed E-state index contributed by atoms with van der Waals surface area (Å²) in [5, 5.41) is 3.61. The molecule has 0 bridgehead atoms. The van der Waals surface area contributed by atoms with Crippen molar-refractivity contribution >= 4 is 0 Å². The van der Waals surface area contributed by atoms with Gasteiger partial charge in [-0.1, -0.05) is 26.8 Å². The third kappa shape index (κ3) is 3.87. The molecule has 0 spiro atoms. The number of hydrogen-bond acceptors (Lipinski definition) is 3. The van der Waals surface area contributed by atoms with Crippen molar-refractivity contribution in [3.63, 3.8) is 0 Å². The molecule has 3 heteroatoms. The van der Waals surface area contributed by atoms with Gasteiger partial charge in [-0.05, 0) is 30.0 Å². The summed E-state index contributed by atoms with van der Waals surface area (Å²) in [6, 6.07) is 6.80. The van der Waals surface area contributed by atoms with Crippen molar-refractivity contribution < 1.29 is 9.47 Å². The normalized spacial score (nSPS) is 16.2. The van der Waals surface area contributed by atoms with Crippen molar-refractivity contribution in [3.8, 4) is 11.5 Å². The molecule has 1 aromatic rings. The van der Waals surface area contributed by atoms with Crippen molar-refractivity contribution in [2.24, 2.45) is 5.92 Å². The summed E-state index contributed by atoms with van der Waals surface area (Å²) >= 11 is 0. The molecule has 19 heavy (non-hydrogen) atoms. The number of rotatable bonds is 5. The van der Waals surface area contributed by atoms with Gasteiger partial charge in [0, 0.05) is 19.0 Å². The highest BCUT2D eigenvalue weighted by molar-refractivity contribution is 5.43. The summed E-state index contributed by atoms with van der Waals surface area (Å²) in [5.74, 6) is 2.41. The maximum Gasteiger partial charge on any atom is 0.161 e. The Hall–Kier alpha value is -1.22. The highest BCUT2D eigenvalue weighted by Crippen LogP contribution is 2.30. The lowest BCUT2D eigenvalue weighted by atomic mass is 10.0. The second-order valence-electron chi connectivity index (χ2n) is 5.47. The van der Waals surface area contributed by atoms with Gasteiger partial charge in [0.05, 0.1) is 13.2 Å². The molecule has 0 aliphatic carbocycles. The summed E-state index contributed by atoms with van der Waals surface area (Å²) in [6.45, 7) is 9.12. The van der Waals surface area contributed by atoms with Gasteiger partial charge in [0.15, 0.2) is 11.5 Å². The van der Waals surface area contributed by atoms with Gasteiger partial charge < -0.3 is 14.8 Å². The Labute approximate surface area is 116 Å². The highest BCUT2D eigenvalue weighted by atomic mass is 16.5. The summed E-state index contributed by atoms with van der Waals surface area (Å²) in [6.07, 6.45) is 2.11. The van der Waals surface area contributed by atoms with E-state index in [0.29, 0.717) is 12.0 Å². The molecule has 0 saturated heterocycles. The second-order valence-corrected chi connectivity index (χ2v) is 5.47. The molecule has 0 saturated carbocycles. The molecule has 3 nitrogen and oxygen atoms in total. The summed E-state index contributed by atoms with van der Waals surface area (Å²) in [4.78, 5) is 0. The van der Waals surface area contributed by atoms with Crippen LogP contribution in [0, 0.1) is 5.92 Å². The zero-order chi connectivity index (χ0) is 13.7. The monoisotopic (exact) mass is 263 g/mol. The minimum absolute atomic E-state index is 0.566. The Kier molecular flexibility index (Phi) is 5.08. The Bertz CT molecular complexity index is 404. The Balaban J connectivity index is 1.99. The lowest BCUT2D eigenvalue weighted by Crippen LogP contribution is -2.32. The fraction of sp³-hybridized carbons (Fsp3) is 0.625. The summed E-state index contributed by atoms with van der Waals surface area (Å²) < 4.78 is 11.4. The Morgan fingerprint density at radius 2 is 1.89 bits per heavy atom. The standard InChI is InChI=1S/C16H25NO2/c1-4-14(12(2)3)17-11-13-6-7-15-16(10-13)19-9-5-8-18-15/h6-7,10,12,14,17H,4-5,8-9,11H2,1-3H3. The first kappa shape index (κ1) is 14.2. The van der Waals surface area contributed by atoms with Crippen molar-refractivity contribution in [3.05, 3.63) is 23.8 Å². The van der Waals surface area contributed by atoms with Gasteiger partial charge in [0.25, 0.3) is 0 Å². The van der Waals surface area contributed by atoms with E-state index in [1.165, 1.54) is 5.56 Å². The van der Waals surface area contributed by atoms with Crippen molar-refractivity contribution in [2.45, 2.75) is 46.2 Å². The molecule has 0 radical (unpaired) electrons. The molecule has 0 fully saturated rings. The van der Waals surface area contributed by atoms with E-state index in [0.717, 1.165) is 44.1 Å². The number of nitrogens with one attached hydrogen (secondary N) is 1. The molecule has 0 amide bonds. The number of benzene rings is 1. The minimum atomic E-state index is 0.566. The van der Waals surface area contributed by atoms with Crippen LogP contribution in [0.1, 0.15) is 39.2 Å². The van der Waals surface area contributed by atoms with E-state index in [2.05, 4.69) is 38.2 Å². The van der Waals surface area contributed by atoms with Crippen LogP contribution in [0.5, 0.6) is 11.5 Å². The maximum atomic E-state index is 5.72. The van der Waals surface area contributed by atoms with Gasteiger partial charge in [-0.2, -0.15) is 0 Å². The Morgan fingerprint density at radius 1 is 1.16 bits per heavy atom. The first-order valence-electron chi connectivity index (χ1n) is 7.32. The molecule has 1 aromatic carbocycles. The van der Waals surface area contributed by atoms with E-state index in [1.807, 2.05) is 6.07 Å². The molecular weight excluding hydrogens is 238 g/mol. The van der Waals surface area contributed by atoms with Crippen LogP contribution < -0.4 is 14.8 Å². The van der Waals surface area contributed by atoms with Gasteiger partial charge in [0.1, 0.15) is 0 Å². The number of hydrogen-bond donors (Lipinski definition) is 1. The van der Waals surface area contributed by atoms with E-state index in [-0.39, 0.29) is 0 Å². The SMILES string of the molecule is CCC(NCc1ccc2c(c1)OCCCO2)C(C)C. The molecule has 1 N–H and O–H groups in total. The van der Waals surface area contributed by atoms with E-state index in [1.54, 1.807) is 0 Å². The molecule has 1 unspecified atom stereocenters. The first-order valence-corrected chi connectivity index (χ1v) is 7.32. The molecule has 1 aliphatic heterocycles.